The molecule has 2 aliphatic carbocycles. The van der Waals surface area contributed by atoms with Crippen LogP contribution in [0, 0.1) is 10.8 Å². The molecule has 5 fully saturated rings. The maximum atomic E-state index is 13.0. The Morgan fingerprint density at radius 1 is 0.921 bits per heavy atom. The summed E-state index contributed by atoms with van der Waals surface area (Å²) >= 11 is 0. The molecular formula is C24H27F3N6O4S. The van der Waals surface area contributed by atoms with Gasteiger partial charge in [-0.2, -0.15) is 4.31 Å². The molecule has 3 saturated heterocycles. The maximum Gasteiger partial charge on any atom is 0.573 e. The van der Waals surface area contributed by atoms with Gasteiger partial charge in [-0.25, -0.2) is 13.2 Å². The van der Waals surface area contributed by atoms with E-state index in [1.165, 1.54) is 25.0 Å². The Morgan fingerprint density at radius 2 is 1.50 bits per heavy atom. The van der Waals surface area contributed by atoms with Gasteiger partial charge < -0.3 is 19.5 Å². The predicted molar refractivity (Wildman–Crippen MR) is 126 cm³/mol. The minimum absolute atomic E-state index is 0.0365. The van der Waals surface area contributed by atoms with Crippen LogP contribution in [0.5, 0.6) is 5.75 Å². The van der Waals surface area contributed by atoms with E-state index in [9.17, 15) is 26.4 Å². The maximum absolute atomic E-state index is 13.0. The van der Waals surface area contributed by atoms with Crippen LogP contribution in [-0.2, 0) is 10.0 Å². The third-order valence-electron chi connectivity index (χ3n) is 8.59. The first-order chi connectivity index (χ1) is 17.9. The third-order valence-corrected chi connectivity index (χ3v) is 10.4. The van der Waals surface area contributed by atoms with Crippen LogP contribution in [0.15, 0.2) is 29.2 Å². The summed E-state index contributed by atoms with van der Waals surface area (Å²) in [4.78, 5) is 19.4. The highest BCUT2D eigenvalue weighted by molar-refractivity contribution is 7.89. The number of aromatic amines is 1. The van der Waals surface area contributed by atoms with Crippen molar-refractivity contribution in [2.75, 3.05) is 39.3 Å². The summed E-state index contributed by atoms with van der Waals surface area (Å²) in [5.41, 5.74) is -0.194. The van der Waals surface area contributed by atoms with Crippen molar-refractivity contribution in [2.24, 2.45) is 10.8 Å². The van der Waals surface area contributed by atoms with Gasteiger partial charge in [-0.1, -0.05) is 12.1 Å². The number of hydrogen-bond donors (Lipinski definition) is 1. The number of rotatable bonds is 5. The van der Waals surface area contributed by atoms with E-state index in [2.05, 4.69) is 19.9 Å². The third kappa shape index (κ3) is 3.94. The molecule has 10 nitrogen and oxygen atoms in total. The van der Waals surface area contributed by atoms with E-state index < -0.39 is 27.0 Å². The summed E-state index contributed by atoms with van der Waals surface area (Å²) in [6.45, 7) is 2.62. The molecule has 0 bridgehead atoms. The van der Waals surface area contributed by atoms with Crippen molar-refractivity contribution < 1.29 is 31.1 Å². The molecule has 204 valence electrons. The Morgan fingerprint density at radius 3 is 2.11 bits per heavy atom. The molecule has 2 saturated carbocycles. The fourth-order valence-corrected chi connectivity index (χ4v) is 8.31. The average Bonchev–Trinajstić information content (AvgIpc) is 3.46. The van der Waals surface area contributed by atoms with E-state index in [1.54, 1.807) is 4.90 Å². The number of hydrogen-bond acceptors (Lipinski definition) is 6. The summed E-state index contributed by atoms with van der Waals surface area (Å²) < 4.78 is 69.2. The Kier molecular flexibility index (Phi) is 4.99. The van der Waals surface area contributed by atoms with Gasteiger partial charge in [0.1, 0.15) is 22.3 Å². The number of amides is 2. The molecule has 38 heavy (non-hydrogen) atoms. The van der Waals surface area contributed by atoms with Crippen LogP contribution in [0.2, 0.25) is 0 Å². The lowest BCUT2D eigenvalue weighted by Crippen LogP contribution is -2.76. The average molecular weight is 553 g/mol. The van der Waals surface area contributed by atoms with Crippen LogP contribution >= 0.6 is 0 Å². The molecule has 4 heterocycles. The lowest BCUT2D eigenvalue weighted by atomic mass is 9.57. The zero-order valence-corrected chi connectivity index (χ0v) is 21.3. The van der Waals surface area contributed by atoms with Gasteiger partial charge in [0, 0.05) is 61.9 Å². The smallest absolute Gasteiger partial charge is 0.404 e. The van der Waals surface area contributed by atoms with E-state index in [0.29, 0.717) is 38.0 Å². The van der Waals surface area contributed by atoms with Crippen molar-refractivity contribution in [2.45, 2.75) is 48.8 Å². The van der Waals surface area contributed by atoms with Gasteiger partial charge in [0.15, 0.2) is 0 Å². The Labute approximate surface area is 217 Å². The lowest BCUT2D eigenvalue weighted by Gasteiger charge is -2.63. The van der Waals surface area contributed by atoms with Crippen LogP contribution in [0.1, 0.15) is 49.2 Å². The molecule has 1 aromatic carbocycles. The van der Waals surface area contributed by atoms with Gasteiger partial charge in [0.2, 0.25) is 10.0 Å². The van der Waals surface area contributed by atoms with Crippen molar-refractivity contribution in [1.29, 1.82) is 0 Å². The molecule has 3 aliphatic heterocycles. The number of benzene rings is 1. The van der Waals surface area contributed by atoms with E-state index in [4.69, 9.17) is 0 Å². The lowest BCUT2D eigenvalue weighted by molar-refractivity contribution is -0.275. The van der Waals surface area contributed by atoms with Crippen LogP contribution in [0.4, 0.5) is 18.0 Å². The number of para-hydroxylation sites is 1. The van der Waals surface area contributed by atoms with Crippen molar-refractivity contribution >= 4 is 16.1 Å². The minimum Gasteiger partial charge on any atom is -0.404 e. The van der Waals surface area contributed by atoms with Gasteiger partial charge in [-0.15, -0.1) is 23.4 Å². The molecule has 1 aromatic heterocycles. The Hall–Kier alpha value is -2.87. The number of sulfonamides is 1. The number of likely N-dealkylation sites (tertiary alicyclic amines) is 2. The highest BCUT2D eigenvalue weighted by Crippen LogP contribution is 2.56. The monoisotopic (exact) mass is 552 g/mol. The fourth-order valence-electron chi connectivity index (χ4n) is 6.53. The number of nitrogens with one attached hydrogen (secondary N) is 1. The molecule has 1 N–H and O–H groups in total. The number of aromatic nitrogens is 3. The Balaban J connectivity index is 0.896. The molecular weight excluding hydrogens is 525 g/mol. The first kappa shape index (κ1) is 24.2. The second-order valence-corrected chi connectivity index (χ2v) is 13.6. The number of urea groups is 1. The second-order valence-electron chi connectivity index (χ2n) is 11.7. The molecule has 2 spiro atoms. The molecule has 0 unspecified atom stereocenters. The number of carbonyl (C=O) groups is 1. The van der Waals surface area contributed by atoms with Crippen LogP contribution in [0.3, 0.4) is 0 Å². The number of nitrogens with zero attached hydrogens (tertiary/aromatic N) is 5. The van der Waals surface area contributed by atoms with Crippen LogP contribution < -0.4 is 4.74 Å². The summed E-state index contributed by atoms with van der Waals surface area (Å²) in [5.74, 6) is 2.13. The van der Waals surface area contributed by atoms with Crippen molar-refractivity contribution in [3.8, 4) is 5.75 Å². The van der Waals surface area contributed by atoms with Crippen molar-refractivity contribution in [1.82, 2.24) is 29.3 Å². The predicted octanol–water partition coefficient (Wildman–Crippen LogP) is 2.89. The first-order valence-electron chi connectivity index (χ1n) is 12.8. The molecule has 2 amide bonds. The van der Waals surface area contributed by atoms with E-state index in [0.717, 1.165) is 40.9 Å². The normalized spacial score (nSPS) is 24.5. The van der Waals surface area contributed by atoms with Gasteiger partial charge in [0.25, 0.3) is 0 Å². The second kappa shape index (κ2) is 7.84. The van der Waals surface area contributed by atoms with Gasteiger partial charge in [0.05, 0.1) is 0 Å². The van der Waals surface area contributed by atoms with Crippen LogP contribution in [0.25, 0.3) is 0 Å². The zero-order chi connectivity index (χ0) is 26.5. The first-order valence-corrected chi connectivity index (χ1v) is 14.2. The Bertz CT molecular complexity index is 1380. The van der Waals surface area contributed by atoms with Gasteiger partial charge in [-0.3, -0.25) is 0 Å². The summed E-state index contributed by atoms with van der Waals surface area (Å²) in [6.07, 6.45) is -0.658. The van der Waals surface area contributed by atoms with Gasteiger partial charge >= 0.3 is 12.4 Å². The molecule has 5 aliphatic rings. The largest absolute Gasteiger partial charge is 0.573 e. The number of alkyl halides is 3. The number of H-pyrrole nitrogens is 1. The topological polar surface area (TPSA) is 112 Å². The number of carbonyl (C=O) groups excluding carboxylic acids is 1. The van der Waals surface area contributed by atoms with Crippen molar-refractivity contribution in [3.05, 3.63) is 35.9 Å². The minimum atomic E-state index is -5.00. The molecule has 2 aromatic rings. The van der Waals surface area contributed by atoms with E-state index in [-0.39, 0.29) is 30.0 Å². The standard InChI is InChI=1S/C24H27F3N6O4S/c25-24(26,27)37-17-3-1-2-4-18(17)38(35,36)33-13-23(14-33)11-32(12-23)21(34)31-9-22(10-31)7-16(8-22)20-28-19(29-30-20)15-5-6-15/h1-4,15-16H,5-14H2,(H,28,29,30). The highest BCUT2D eigenvalue weighted by Gasteiger charge is 2.60. The SMILES string of the molecule is O=C(N1CC2(CC(c3nnc(C4CC4)[nH]3)C2)C1)N1CC2(C1)CN(S(=O)(=O)c1ccccc1OC(F)(F)F)C2. The number of ether oxygens (including phenoxy) is 1. The van der Waals surface area contributed by atoms with Crippen LogP contribution in [-0.4, -0.2) is 89.4 Å². The molecule has 0 atom stereocenters. The summed E-state index contributed by atoms with van der Waals surface area (Å²) in [7, 11) is -4.16. The van der Waals surface area contributed by atoms with Gasteiger partial charge in [-0.05, 0) is 37.8 Å². The van der Waals surface area contributed by atoms with E-state index >= 15 is 0 Å². The molecule has 14 heteroatoms. The fraction of sp³-hybridized carbons (Fsp3) is 0.625. The highest BCUT2D eigenvalue weighted by atomic mass is 32.2. The summed E-state index contributed by atoms with van der Waals surface area (Å²) in [5, 5.41) is 8.60. The van der Waals surface area contributed by atoms with Crippen molar-refractivity contribution in [3.63, 3.8) is 0 Å². The quantitative estimate of drug-likeness (QED) is 0.611. The zero-order valence-electron chi connectivity index (χ0n) is 20.4. The molecule has 7 rings (SSSR count). The number of halogens is 3. The molecule has 0 radical (unpaired) electrons. The summed E-state index contributed by atoms with van der Waals surface area (Å²) in [6, 6.07) is 4.70. The van der Waals surface area contributed by atoms with E-state index in [1.807, 2.05) is 4.90 Å².